The zero-order valence-corrected chi connectivity index (χ0v) is 19.8. The molecule has 0 unspecified atom stereocenters. The summed E-state index contributed by atoms with van der Waals surface area (Å²) in [5, 5.41) is 25.4. The lowest BCUT2D eigenvalue weighted by molar-refractivity contribution is -0.384. The van der Waals surface area contributed by atoms with Crippen LogP contribution in [0, 0.1) is 21.4 Å². The van der Waals surface area contributed by atoms with Gasteiger partial charge in [0.1, 0.15) is 11.6 Å². The van der Waals surface area contributed by atoms with E-state index in [0.29, 0.717) is 28.9 Å². The summed E-state index contributed by atoms with van der Waals surface area (Å²) in [4.78, 5) is 37.8. The summed E-state index contributed by atoms with van der Waals surface area (Å²) < 4.78 is 1.58. The molecule has 0 N–H and O–H groups in total. The van der Waals surface area contributed by atoms with Crippen LogP contribution in [-0.4, -0.2) is 38.0 Å². The quantitative estimate of drug-likeness (QED) is 0.206. The number of aromatic nitrogens is 2. The van der Waals surface area contributed by atoms with Gasteiger partial charge in [-0.3, -0.25) is 24.6 Å². The highest BCUT2D eigenvalue weighted by molar-refractivity contribution is 6.19. The van der Waals surface area contributed by atoms with Crippen LogP contribution in [0.15, 0.2) is 77.5 Å². The van der Waals surface area contributed by atoms with Gasteiger partial charge in [-0.15, -0.1) is 0 Å². The summed E-state index contributed by atoms with van der Waals surface area (Å²) in [6, 6.07) is 17.3. The highest BCUT2D eigenvalue weighted by atomic mass is 16.6. The Kier molecular flexibility index (Phi) is 6.88. The molecule has 1 aromatic heterocycles. The van der Waals surface area contributed by atoms with Gasteiger partial charge < -0.3 is 0 Å². The minimum atomic E-state index is -0.574. The predicted octanol–water partition coefficient (Wildman–Crippen LogP) is 4.84. The number of amides is 2. The van der Waals surface area contributed by atoms with Crippen LogP contribution in [-0.2, 0) is 9.59 Å². The fourth-order valence-electron chi connectivity index (χ4n) is 3.98. The van der Waals surface area contributed by atoms with Crippen molar-refractivity contribution in [3.63, 3.8) is 0 Å². The topological polar surface area (TPSA) is 122 Å². The van der Waals surface area contributed by atoms with Gasteiger partial charge in [-0.25, -0.2) is 4.68 Å². The van der Waals surface area contributed by atoms with E-state index in [1.165, 1.54) is 12.1 Å². The van der Waals surface area contributed by atoms with Gasteiger partial charge >= 0.3 is 0 Å². The number of nitro groups is 1. The molecule has 2 heterocycles. The number of non-ortho nitro benzene ring substituents is 1. The number of carbonyl (C=O) groups is 2. The third kappa shape index (κ3) is 4.57. The van der Waals surface area contributed by atoms with E-state index in [1.54, 1.807) is 36.0 Å². The van der Waals surface area contributed by atoms with E-state index < -0.39 is 16.7 Å². The summed E-state index contributed by atoms with van der Waals surface area (Å²) in [7, 11) is 0. The second-order valence-corrected chi connectivity index (χ2v) is 8.30. The fourth-order valence-corrected chi connectivity index (χ4v) is 3.98. The molecule has 0 aliphatic carbocycles. The van der Waals surface area contributed by atoms with Gasteiger partial charge in [0.15, 0.2) is 0 Å². The van der Waals surface area contributed by atoms with Gasteiger partial charge in [0.2, 0.25) is 0 Å². The van der Waals surface area contributed by atoms with Gasteiger partial charge in [0.05, 0.1) is 16.3 Å². The molecule has 0 spiro atoms. The largest absolute Gasteiger partial charge is 0.274 e. The van der Waals surface area contributed by atoms with E-state index in [2.05, 4.69) is 0 Å². The maximum atomic E-state index is 13.3. The summed E-state index contributed by atoms with van der Waals surface area (Å²) in [5.74, 6) is -1.03. The number of hydrogen-bond donors (Lipinski definition) is 0. The molecule has 0 saturated carbocycles. The maximum Gasteiger partial charge on any atom is 0.271 e. The number of benzene rings is 2. The number of imide groups is 1. The van der Waals surface area contributed by atoms with Crippen LogP contribution < -0.4 is 0 Å². The normalized spacial score (nSPS) is 14.9. The first-order chi connectivity index (χ1) is 17.3. The van der Waals surface area contributed by atoms with Crippen molar-refractivity contribution in [1.29, 1.82) is 5.26 Å². The first kappa shape index (κ1) is 24.3. The number of nitro benzene ring substituents is 1. The Morgan fingerprint density at radius 1 is 1.08 bits per heavy atom. The molecule has 1 aliphatic rings. The first-order valence-electron chi connectivity index (χ1n) is 11.4. The molecule has 2 aromatic carbocycles. The Labute approximate surface area is 207 Å². The lowest BCUT2D eigenvalue weighted by Gasteiger charge is -2.27. The summed E-state index contributed by atoms with van der Waals surface area (Å²) in [6.45, 7) is 3.79. The van der Waals surface area contributed by atoms with Gasteiger partial charge in [-0.2, -0.15) is 10.4 Å². The monoisotopic (exact) mass is 481 g/mol. The number of rotatable bonds is 7. The van der Waals surface area contributed by atoms with Crippen molar-refractivity contribution >= 4 is 23.6 Å². The van der Waals surface area contributed by atoms with Crippen LogP contribution in [0.5, 0.6) is 0 Å². The second-order valence-electron chi connectivity index (χ2n) is 8.30. The Hall–Kier alpha value is -4.84. The highest BCUT2D eigenvalue weighted by Crippen LogP contribution is 2.31. The maximum absolute atomic E-state index is 13.3. The van der Waals surface area contributed by atoms with Crippen LogP contribution in [0.25, 0.3) is 23.0 Å². The van der Waals surface area contributed by atoms with Gasteiger partial charge in [-0.1, -0.05) is 43.7 Å². The molecule has 9 heteroatoms. The molecule has 0 fully saturated rings. The summed E-state index contributed by atoms with van der Waals surface area (Å²) >= 11 is 0. The predicted molar refractivity (Wildman–Crippen MR) is 134 cm³/mol. The van der Waals surface area contributed by atoms with Crippen LogP contribution in [0.1, 0.15) is 32.3 Å². The molecule has 4 rings (SSSR count). The molecule has 180 valence electrons. The Morgan fingerprint density at radius 3 is 2.39 bits per heavy atom. The average Bonchev–Trinajstić information content (AvgIpc) is 3.31. The van der Waals surface area contributed by atoms with E-state index in [9.17, 15) is 25.0 Å². The highest BCUT2D eigenvalue weighted by Gasteiger charge is 2.35. The van der Waals surface area contributed by atoms with Gasteiger partial charge in [-0.05, 0) is 37.1 Å². The van der Waals surface area contributed by atoms with E-state index in [1.807, 2.05) is 43.3 Å². The molecule has 1 aliphatic heterocycles. The van der Waals surface area contributed by atoms with Crippen molar-refractivity contribution in [1.82, 2.24) is 14.7 Å². The first-order valence-corrected chi connectivity index (χ1v) is 11.4. The molecule has 9 nitrogen and oxygen atoms in total. The molecular formula is C27H23N5O4. The molecule has 0 atom stereocenters. The molecule has 36 heavy (non-hydrogen) atoms. The Morgan fingerprint density at radius 2 is 1.78 bits per heavy atom. The van der Waals surface area contributed by atoms with Crippen molar-refractivity contribution in [2.24, 2.45) is 0 Å². The van der Waals surface area contributed by atoms with E-state index >= 15 is 0 Å². The molecule has 3 aromatic rings. The molecule has 0 saturated heterocycles. The third-order valence-electron chi connectivity index (χ3n) is 5.98. The lowest BCUT2D eigenvalue weighted by atomic mass is 9.93. The average molecular weight is 482 g/mol. The van der Waals surface area contributed by atoms with Gasteiger partial charge in [0, 0.05) is 41.6 Å². The number of hydrogen-bond acceptors (Lipinski definition) is 6. The zero-order chi connectivity index (χ0) is 25.8. The number of carbonyl (C=O) groups excluding carboxylic acids is 2. The van der Waals surface area contributed by atoms with Crippen LogP contribution in [0.4, 0.5) is 5.69 Å². The summed E-state index contributed by atoms with van der Waals surface area (Å²) in [6.07, 6.45) is 4.80. The van der Waals surface area contributed by atoms with Crippen molar-refractivity contribution < 1.29 is 14.5 Å². The number of nitriles is 1. The fraction of sp³-hybridized carbons (Fsp3) is 0.185. The third-order valence-corrected chi connectivity index (χ3v) is 5.98. The van der Waals surface area contributed by atoms with E-state index in [4.69, 9.17) is 5.10 Å². The van der Waals surface area contributed by atoms with Crippen molar-refractivity contribution in [3.8, 4) is 23.0 Å². The molecule has 0 bridgehead atoms. The lowest BCUT2D eigenvalue weighted by Crippen LogP contribution is -2.43. The Balaban J connectivity index is 1.87. The molecule has 2 amide bonds. The molecule has 0 radical (unpaired) electrons. The summed E-state index contributed by atoms with van der Waals surface area (Å²) in [5.41, 5.74) is 3.07. The van der Waals surface area contributed by atoms with Crippen molar-refractivity contribution in [2.75, 3.05) is 6.54 Å². The number of unbranched alkanes of at least 4 members (excludes halogenated alkanes) is 1. The van der Waals surface area contributed by atoms with Crippen LogP contribution in [0.2, 0.25) is 0 Å². The number of nitrogens with zero attached hydrogens (tertiary/aromatic N) is 5. The SMILES string of the molecule is CCCCN1C(=O)C(C#N)=C(C)/C(=C\c2cn(-c3ccc([N+](=O)[O-])cc3)nc2-c2ccccc2)C1=O. The van der Waals surface area contributed by atoms with Crippen LogP contribution in [0.3, 0.4) is 0 Å². The minimum Gasteiger partial charge on any atom is -0.274 e. The zero-order valence-electron chi connectivity index (χ0n) is 19.8. The van der Waals surface area contributed by atoms with Crippen molar-refractivity contribution in [2.45, 2.75) is 26.7 Å². The standard InChI is InChI=1S/C27H23N5O4/c1-3-4-14-30-26(33)23(18(2)24(16-28)27(30)34)15-20-17-31(21-10-12-22(13-11-21)32(35)36)29-25(20)19-8-6-5-7-9-19/h5-13,15,17H,3-4,14H2,1-2H3/b23-15+. The van der Waals surface area contributed by atoms with E-state index in [0.717, 1.165) is 16.9 Å². The van der Waals surface area contributed by atoms with E-state index in [-0.39, 0.29) is 23.4 Å². The van der Waals surface area contributed by atoms with Crippen LogP contribution >= 0.6 is 0 Å². The van der Waals surface area contributed by atoms with Crippen molar-refractivity contribution in [3.05, 3.63) is 93.2 Å². The Bertz CT molecular complexity index is 1440. The van der Waals surface area contributed by atoms with Gasteiger partial charge in [0.25, 0.3) is 17.5 Å². The minimum absolute atomic E-state index is 0.0361. The molecular weight excluding hydrogens is 458 g/mol. The smallest absolute Gasteiger partial charge is 0.271 e. The second kappa shape index (κ2) is 10.2.